The summed E-state index contributed by atoms with van der Waals surface area (Å²) in [6, 6.07) is 38.0. The van der Waals surface area contributed by atoms with E-state index in [1.54, 1.807) is 100 Å². The summed E-state index contributed by atoms with van der Waals surface area (Å²) < 4.78 is 87.8. The number of nitrogens with zero attached hydrogens (tertiary/aromatic N) is 4. The number of benzene rings is 3. The van der Waals surface area contributed by atoms with Crippen LogP contribution >= 0.6 is 0 Å². The fourth-order valence-corrected chi connectivity index (χ4v) is 9.13. The van der Waals surface area contributed by atoms with Crippen molar-refractivity contribution < 1.29 is 35.9 Å². The number of nitrogens with one attached hydrogen (secondary N) is 2. The van der Waals surface area contributed by atoms with Crippen molar-refractivity contribution in [3.8, 4) is 50.6 Å². The van der Waals surface area contributed by atoms with Crippen molar-refractivity contribution >= 4 is 83.0 Å². The van der Waals surface area contributed by atoms with Gasteiger partial charge in [0.15, 0.2) is 0 Å². The Morgan fingerprint density at radius 2 is 1.10 bits per heavy atom. The third-order valence-electron chi connectivity index (χ3n) is 12.4. The minimum absolute atomic E-state index is 0.0506. The number of halogens is 4. The number of fused-ring (bicyclic) bond motifs is 12. The van der Waals surface area contributed by atoms with E-state index < -0.39 is 14.8 Å². The molecule has 2 aliphatic heterocycles. The highest BCUT2D eigenvalue weighted by Crippen LogP contribution is 2.41. The monoisotopic (exact) mass is 920 g/mol. The molecule has 2 aliphatic rings. The molecule has 0 spiro atoms. The number of aliphatic imine (C=N–C) groups is 1. The molecule has 0 atom stereocenters. The maximum atomic E-state index is 16.0. The van der Waals surface area contributed by atoms with Crippen LogP contribution < -0.4 is 14.2 Å². The van der Waals surface area contributed by atoms with Crippen molar-refractivity contribution in [2.75, 3.05) is 21.3 Å². The van der Waals surface area contributed by atoms with Crippen LogP contribution in [0.5, 0.6) is 17.2 Å². The predicted molar refractivity (Wildman–Crippen MR) is 268 cm³/mol. The summed E-state index contributed by atoms with van der Waals surface area (Å²) in [5.74, 6) is 1.91. The van der Waals surface area contributed by atoms with Crippen LogP contribution in [0.4, 0.5) is 17.3 Å². The Kier molecular flexibility index (Phi) is 10.9. The van der Waals surface area contributed by atoms with E-state index in [-0.39, 0.29) is 33.5 Å². The molecule has 9 aromatic rings. The fraction of sp³-hybridized carbons (Fsp3) is 0.0566. The summed E-state index contributed by atoms with van der Waals surface area (Å²) in [5, 5.41) is 0. The number of hydrogen-bond donors (Lipinski definition) is 2. The second-order valence-electron chi connectivity index (χ2n) is 16.2. The topological polar surface area (TPSA) is 108 Å². The Labute approximate surface area is 392 Å². The Hall–Kier alpha value is -8.65. The van der Waals surface area contributed by atoms with Gasteiger partial charge in [-0.1, -0.05) is 36.4 Å². The molecule has 69 heavy (non-hydrogen) atoms. The Morgan fingerprint density at radius 3 is 1.67 bits per heavy atom. The molecule has 0 saturated carbocycles. The molecule has 10 bridgehead atoms. The summed E-state index contributed by atoms with van der Waals surface area (Å²) in [4.78, 5) is 16.5. The number of ether oxygens (including phenoxy) is 3. The molecule has 6 aromatic heterocycles. The van der Waals surface area contributed by atoms with E-state index in [1.807, 2.05) is 78.9 Å². The maximum absolute atomic E-state index is 16.0. The Morgan fingerprint density at radius 1 is 0.551 bits per heavy atom. The average Bonchev–Trinajstić information content (AvgIpc) is 4.23. The number of rotatable bonds is 10. The average molecular weight is 921 g/mol. The minimum atomic E-state index is -3.08. The van der Waals surface area contributed by atoms with Gasteiger partial charge in [0.05, 0.1) is 66.0 Å². The molecular weight excluding hydrogens is 882 g/mol. The van der Waals surface area contributed by atoms with Gasteiger partial charge in [-0.2, -0.15) is 0 Å². The van der Waals surface area contributed by atoms with Gasteiger partial charge >= 0.3 is 14.8 Å². The summed E-state index contributed by atoms with van der Waals surface area (Å²) >= 11 is 0. The molecule has 10 nitrogen and oxygen atoms in total. The number of H-pyrrole nitrogens is 2. The van der Waals surface area contributed by atoms with E-state index >= 15 is 17.3 Å². The zero-order valence-electron chi connectivity index (χ0n) is 37.2. The highest BCUT2D eigenvalue weighted by molar-refractivity contribution is 6.44. The van der Waals surface area contributed by atoms with Gasteiger partial charge in [0.25, 0.3) is 0 Å². The van der Waals surface area contributed by atoms with E-state index in [0.717, 1.165) is 25.6 Å². The van der Waals surface area contributed by atoms with E-state index in [0.29, 0.717) is 78.6 Å². The molecule has 0 unspecified atom stereocenters. The van der Waals surface area contributed by atoms with Crippen LogP contribution in [0.2, 0.25) is 0 Å². The van der Waals surface area contributed by atoms with Gasteiger partial charge in [0.1, 0.15) is 28.4 Å². The van der Waals surface area contributed by atoms with Gasteiger partial charge in [0, 0.05) is 51.4 Å². The fourth-order valence-electron chi connectivity index (χ4n) is 9.13. The van der Waals surface area contributed by atoms with E-state index in [2.05, 4.69) is 15.0 Å². The molecule has 8 heterocycles. The van der Waals surface area contributed by atoms with E-state index in [9.17, 15) is 0 Å². The van der Waals surface area contributed by atoms with E-state index in [4.69, 9.17) is 23.6 Å². The first-order valence-electron chi connectivity index (χ1n) is 21.8. The van der Waals surface area contributed by atoms with Crippen molar-refractivity contribution in [1.29, 1.82) is 0 Å². The lowest BCUT2D eigenvalue weighted by atomic mass is 9.97. The van der Waals surface area contributed by atoms with Crippen molar-refractivity contribution in [2.45, 2.75) is 0 Å². The minimum Gasteiger partial charge on any atom is -0.497 e. The molecule has 0 aliphatic carbocycles. The molecule has 0 fully saturated rings. The molecule has 0 saturated heterocycles. The lowest BCUT2D eigenvalue weighted by Crippen LogP contribution is -2.15. The van der Waals surface area contributed by atoms with Crippen LogP contribution in [0.1, 0.15) is 22.6 Å². The van der Waals surface area contributed by atoms with Crippen LogP contribution in [0.15, 0.2) is 161 Å². The second kappa shape index (κ2) is 17.5. The van der Waals surface area contributed by atoms with Gasteiger partial charge < -0.3 is 37.6 Å². The summed E-state index contributed by atoms with van der Waals surface area (Å²) in [6.45, 7) is 0. The largest absolute Gasteiger partial charge is 0.678 e. The number of aromatic nitrogens is 5. The zero-order valence-corrected chi connectivity index (χ0v) is 37.2. The third-order valence-corrected chi connectivity index (χ3v) is 12.4. The van der Waals surface area contributed by atoms with Gasteiger partial charge in [-0.05, 0) is 132 Å². The third kappa shape index (κ3) is 7.69. The molecule has 0 radical (unpaired) electrons. The predicted octanol–water partition coefficient (Wildman–Crippen LogP) is 13.2. The molecule has 338 valence electrons. The zero-order chi connectivity index (χ0) is 47.3. The van der Waals surface area contributed by atoms with Gasteiger partial charge in [0.2, 0.25) is 0 Å². The van der Waals surface area contributed by atoms with Gasteiger partial charge in [-0.25, -0.2) is 4.98 Å². The Bertz CT molecular complexity index is 3740. The van der Waals surface area contributed by atoms with Gasteiger partial charge in [-0.3, -0.25) is 22.3 Å². The van der Waals surface area contributed by atoms with Gasteiger partial charge in [-0.15, -0.1) is 0 Å². The van der Waals surface area contributed by atoms with Crippen molar-refractivity contribution in [2.24, 2.45) is 4.99 Å². The number of hydrogen-bond acceptors (Lipinski definition) is 6. The number of allylic oxidation sites excluding steroid dienone is 2. The van der Waals surface area contributed by atoms with E-state index in [1.165, 1.54) is 6.20 Å². The molecule has 3 aromatic carbocycles. The summed E-state index contributed by atoms with van der Waals surface area (Å²) in [5.41, 5.74) is 9.32. The molecule has 0 amide bonds. The summed E-state index contributed by atoms with van der Waals surface area (Å²) in [7, 11) is -1.36. The smallest absolute Gasteiger partial charge is 0.497 e. The maximum Gasteiger partial charge on any atom is 0.678 e. The standard InChI is InChI=1S/C53H38B2F4N6O4/c1-66-35-12-6-31(7-13-35)50(41-5-4-28-60-41)47-29-34(30-64(47)54(56)57)51-42-21-18-38(61-42)39-19-22-43(62-39)52(32-8-14-36(67-2)15-9-32)48-26-27-49(69-48)53(33-10-16-37(68-3)17-11-33)44-23-20-40(63-44)45-24-25-46(51)65(45)55(58)59/h4-30,62-63H,1-3H3/b39-38?,45-40?,50-41-,51-42?,51-46?,52-43?,52-48?,53-44?,53-49?. The van der Waals surface area contributed by atoms with Crippen molar-refractivity contribution in [3.05, 3.63) is 174 Å². The molecular formula is C53H38B2F4N6O4. The molecule has 2 N–H and O–H groups in total. The second-order valence-corrected chi connectivity index (χ2v) is 16.2. The molecule has 16 heteroatoms. The number of furan rings is 1. The highest BCUT2D eigenvalue weighted by Gasteiger charge is 2.29. The van der Waals surface area contributed by atoms with Crippen LogP contribution in [0.3, 0.4) is 0 Å². The van der Waals surface area contributed by atoms with Crippen LogP contribution in [0.25, 0.3) is 95.4 Å². The lowest BCUT2D eigenvalue weighted by Gasteiger charge is -2.13. The van der Waals surface area contributed by atoms with Crippen molar-refractivity contribution in [3.63, 3.8) is 0 Å². The SMILES string of the molecule is COc1ccc(/C(=C2\C=CC=N2)c2cc(-c3c4nc(c5ccc([nH]5)c(-c5ccc(OC)cc5)c5ccc(o5)c(-c5ccc(OC)cc5)c5ccc([nH]5)c5ccc3n5B(F)F)C=C4)cn2B(F)F)cc1. The first-order valence-corrected chi connectivity index (χ1v) is 21.8. The van der Waals surface area contributed by atoms with Crippen LogP contribution in [0, 0.1) is 0 Å². The van der Waals surface area contributed by atoms with Crippen molar-refractivity contribution in [1.82, 2.24) is 23.9 Å². The lowest BCUT2D eigenvalue weighted by molar-refractivity contribution is 0.414. The normalized spacial score (nSPS) is 13.1. The first-order chi connectivity index (χ1) is 33.7. The molecule has 11 rings (SSSR count). The van der Waals surface area contributed by atoms with Crippen LogP contribution in [-0.2, 0) is 0 Å². The Balaban J connectivity index is 1.25. The first kappa shape index (κ1) is 43.0. The number of methoxy groups -OCH3 is 3. The summed E-state index contributed by atoms with van der Waals surface area (Å²) in [6.07, 6.45) is 9.81. The highest BCUT2D eigenvalue weighted by atomic mass is 19.2. The van der Waals surface area contributed by atoms with Crippen LogP contribution in [-0.4, -0.2) is 66.3 Å². The number of aromatic amines is 2. The quantitative estimate of drug-likeness (QED) is 0.105.